The van der Waals surface area contributed by atoms with Gasteiger partial charge in [-0.25, -0.2) is 8.98 Å². The molecule has 84 valence electrons. The minimum absolute atomic E-state index is 0.828. The Hall–Kier alpha value is -0.830. The molecule has 0 aromatic heterocycles. The first-order chi connectivity index (χ1) is 6.12. The third-order valence-corrected chi connectivity index (χ3v) is 2.20. The molecular weight excluding hydrogens is 229 g/mol. The van der Waals surface area contributed by atoms with Crippen molar-refractivity contribution in [3.63, 3.8) is 0 Å². The summed E-state index contributed by atoms with van der Waals surface area (Å²) in [6, 6.07) is 0. The van der Waals surface area contributed by atoms with Crippen LogP contribution in [-0.2, 0) is 23.8 Å². The maximum atomic E-state index is 11.7. The van der Waals surface area contributed by atoms with Gasteiger partial charge in [-0.2, -0.15) is 21.6 Å². The van der Waals surface area contributed by atoms with Crippen LogP contribution in [0.15, 0.2) is 0 Å². The molecule has 0 heterocycles. The molecule has 0 aromatic rings. The molecule has 0 bridgehead atoms. The van der Waals surface area contributed by atoms with E-state index in [9.17, 15) is 26.4 Å². The van der Waals surface area contributed by atoms with Gasteiger partial charge in [-0.3, -0.25) is 0 Å². The van der Waals surface area contributed by atoms with Gasteiger partial charge in [0.1, 0.15) is 0 Å². The highest BCUT2D eigenvalue weighted by atomic mass is 32.2. The summed E-state index contributed by atoms with van der Waals surface area (Å²) in [5.74, 6) is -1.21. The highest BCUT2D eigenvalue weighted by molar-refractivity contribution is 7.87. The van der Waals surface area contributed by atoms with Crippen LogP contribution in [0.1, 0.15) is 6.92 Å². The molecule has 0 saturated carbocycles. The van der Waals surface area contributed by atoms with E-state index < -0.39 is 27.7 Å². The second kappa shape index (κ2) is 4.13. The standard InChI is InChI=1S/C5H7F3O5S/c1-3(4(9)12-2)13-14(10,11)5(6,7)8/h3H,1-2H3/t3-/m1/s1. The monoisotopic (exact) mass is 236 g/mol. The van der Waals surface area contributed by atoms with Gasteiger partial charge in [0.2, 0.25) is 0 Å². The number of ether oxygens (including phenoxy) is 1. The third-order valence-electron chi connectivity index (χ3n) is 1.09. The summed E-state index contributed by atoms with van der Waals surface area (Å²) >= 11 is 0. The van der Waals surface area contributed by atoms with Gasteiger partial charge in [0.15, 0.2) is 6.10 Å². The van der Waals surface area contributed by atoms with Gasteiger partial charge < -0.3 is 4.74 Å². The van der Waals surface area contributed by atoms with E-state index >= 15 is 0 Å². The summed E-state index contributed by atoms with van der Waals surface area (Å²) in [5.41, 5.74) is -5.55. The van der Waals surface area contributed by atoms with Crippen LogP contribution in [0.4, 0.5) is 13.2 Å². The summed E-state index contributed by atoms with van der Waals surface area (Å²) in [6.07, 6.45) is -1.83. The molecule has 0 fully saturated rings. The topological polar surface area (TPSA) is 69.7 Å². The Balaban J connectivity index is 4.63. The van der Waals surface area contributed by atoms with Crippen LogP contribution in [0.3, 0.4) is 0 Å². The molecule has 0 aliphatic rings. The molecule has 0 aromatic carbocycles. The molecule has 1 atom stereocenters. The molecule has 5 nitrogen and oxygen atoms in total. The number of hydrogen-bond donors (Lipinski definition) is 0. The Morgan fingerprint density at radius 2 is 1.79 bits per heavy atom. The van der Waals surface area contributed by atoms with E-state index in [0.717, 1.165) is 14.0 Å². The van der Waals surface area contributed by atoms with Gasteiger partial charge in [0.05, 0.1) is 7.11 Å². The summed E-state index contributed by atoms with van der Waals surface area (Å²) in [4.78, 5) is 10.5. The number of carbonyl (C=O) groups is 1. The maximum Gasteiger partial charge on any atom is 0.523 e. The fourth-order valence-corrected chi connectivity index (χ4v) is 1.02. The van der Waals surface area contributed by atoms with Gasteiger partial charge in [0, 0.05) is 0 Å². The molecule has 0 N–H and O–H groups in total. The average Bonchev–Trinajstić information content (AvgIpc) is 2.00. The van der Waals surface area contributed by atoms with Gasteiger partial charge >= 0.3 is 21.6 Å². The lowest BCUT2D eigenvalue weighted by molar-refractivity contribution is -0.148. The van der Waals surface area contributed by atoms with E-state index in [-0.39, 0.29) is 0 Å². The van der Waals surface area contributed by atoms with E-state index in [1.165, 1.54) is 0 Å². The van der Waals surface area contributed by atoms with Crippen molar-refractivity contribution in [2.45, 2.75) is 18.5 Å². The summed E-state index contributed by atoms with van der Waals surface area (Å²) < 4.78 is 63.2. The zero-order chi connectivity index (χ0) is 11.6. The van der Waals surface area contributed by atoms with Crippen LogP contribution in [0.25, 0.3) is 0 Å². The normalized spacial score (nSPS) is 14.9. The van der Waals surface area contributed by atoms with Crippen LogP contribution in [0.5, 0.6) is 0 Å². The lowest BCUT2D eigenvalue weighted by atomic mass is 10.4. The molecule has 0 saturated heterocycles. The van der Waals surface area contributed by atoms with Crippen molar-refractivity contribution in [2.75, 3.05) is 7.11 Å². The fraction of sp³-hybridized carbons (Fsp3) is 0.800. The van der Waals surface area contributed by atoms with Crippen molar-refractivity contribution in [3.05, 3.63) is 0 Å². The van der Waals surface area contributed by atoms with Gasteiger partial charge in [0.25, 0.3) is 0 Å². The highest BCUT2D eigenvalue weighted by Gasteiger charge is 2.49. The molecule has 9 heteroatoms. The Kier molecular flexibility index (Phi) is 3.89. The first-order valence-electron chi connectivity index (χ1n) is 3.19. The second-order valence-corrected chi connectivity index (χ2v) is 3.73. The van der Waals surface area contributed by atoms with E-state index in [4.69, 9.17) is 0 Å². The van der Waals surface area contributed by atoms with E-state index in [1.807, 2.05) is 0 Å². The average molecular weight is 236 g/mol. The number of esters is 1. The van der Waals surface area contributed by atoms with Crippen molar-refractivity contribution in [1.82, 2.24) is 0 Å². The zero-order valence-electron chi connectivity index (χ0n) is 7.16. The molecular formula is C5H7F3O5S. The number of alkyl halides is 3. The first kappa shape index (κ1) is 13.2. The van der Waals surface area contributed by atoms with Crippen LogP contribution >= 0.6 is 0 Å². The van der Waals surface area contributed by atoms with E-state index in [0.29, 0.717) is 0 Å². The molecule has 0 amide bonds. The summed E-state index contributed by atoms with van der Waals surface area (Å²) in [7, 11) is -4.86. The Bertz CT molecular complexity index is 306. The van der Waals surface area contributed by atoms with Crippen LogP contribution in [0.2, 0.25) is 0 Å². The van der Waals surface area contributed by atoms with E-state index in [2.05, 4.69) is 8.92 Å². The summed E-state index contributed by atoms with van der Waals surface area (Å²) in [5, 5.41) is 0. The first-order valence-corrected chi connectivity index (χ1v) is 4.60. The van der Waals surface area contributed by atoms with Crippen LogP contribution in [-0.4, -0.2) is 33.1 Å². The minimum Gasteiger partial charge on any atom is -0.467 e. The highest BCUT2D eigenvalue weighted by Crippen LogP contribution is 2.25. The number of carbonyl (C=O) groups excluding carboxylic acids is 1. The maximum absolute atomic E-state index is 11.7. The molecule has 0 spiro atoms. The predicted octanol–water partition coefficient (Wildman–Crippen LogP) is 0.414. The number of hydrogen-bond acceptors (Lipinski definition) is 5. The predicted molar refractivity (Wildman–Crippen MR) is 37.5 cm³/mol. The zero-order valence-corrected chi connectivity index (χ0v) is 7.98. The van der Waals surface area contributed by atoms with Crippen molar-refractivity contribution in [3.8, 4) is 0 Å². The molecule has 0 rings (SSSR count). The fourth-order valence-electron chi connectivity index (χ4n) is 0.450. The number of methoxy groups -OCH3 is 1. The SMILES string of the molecule is COC(=O)[C@@H](C)OS(=O)(=O)C(F)(F)F. The minimum atomic E-state index is -5.75. The Morgan fingerprint density at radius 3 is 2.07 bits per heavy atom. The lowest BCUT2D eigenvalue weighted by Gasteiger charge is -2.12. The van der Waals surface area contributed by atoms with E-state index in [1.54, 1.807) is 0 Å². The number of halogens is 3. The molecule has 0 aliphatic carbocycles. The summed E-state index contributed by atoms with van der Waals surface area (Å²) in [6.45, 7) is 0.828. The van der Waals surface area contributed by atoms with Crippen molar-refractivity contribution >= 4 is 16.1 Å². The van der Waals surface area contributed by atoms with Crippen molar-refractivity contribution in [2.24, 2.45) is 0 Å². The van der Waals surface area contributed by atoms with Crippen LogP contribution in [0, 0.1) is 0 Å². The Labute approximate surface area is 77.9 Å². The van der Waals surface area contributed by atoms with Crippen molar-refractivity contribution in [1.29, 1.82) is 0 Å². The Morgan fingerprint density at radius 1 is 1.36 bits per heavy atom. The smallest absolute Gasteiger partial charge is 0.467 e. The quantitative estimate of drug-likeness (QED) is 0.403. The van der Waals surface area contributed by atoms with Crippen LogP contribution < -0.4 is 0 Å². The van der Waals surface area contributed by atoms with Gasteiger partial charge in [-0.1, -0.05) is 0 Å². The molecule has 0 aliphatic heterocycles. The lowest BCUT2D eigenvalue weighted by Crippen LogP contribution is -2.33. The molecule has 0 unspecified atom stereocenters. The third kappa shape index (κ3) is 3.14. The second-order valence-electron chi connectivity index (χ2n) is 2.16. The molecule has 14 heavy (non-hydrogen) atoms. The number of rotatable bonds is 3. The van der Waals surface area contributed by atoms with Gasteiger partial charge in [-0.15, -0.1) is 0 Å². The molecule has 0 radical (unpaired) electrons. The van der Waals surface area contributed by atoms with Gasteiger partial charge in [-0.05, 0) is 6.92 Å². The largest absolute Gasteiger partial charge is 0.523 e. The van der Waals surface area contributed by atoms with Crippen molar-refractivity contribution < 1.29 is 35.3 Å².